The lowest BCUT2D eigenvalue weighted by molar-refractivity contribution is -0.132. The molecule has 1 saturated heterocycles. The highest BCUT2D eigenvalue weighted by Crippen LogP contribution is 2.14. The molecule has 4 nitrogen and oxygen atoms in total. The van der Waals surface area contributed by atoms with Gasteiger partial charge in [-0.1, -0.05) is 53.5 Å². The predicted molar refractivity (Wildman–Crippen MR) is 88.0 cm³/mol. The normalized spacial score (nSPS) is 15.9. The standard InChI is InChI=1S/C16H20Cl2N2O2/c17-15(18)16(22)19-13-8-10-20(11-9-13)14(21)7-6-12-4-2-1-3-5-12/h1-5,13,15H,6-11H2,(H,19,22). The van der Waals surface area contributed by atoms with Crippen LogP contribution in [-0.4, -0.2) is 40.7 Å². The van der Waals surface area contributed by atoms with Crippen LogP contribution in [0.4, 0.5) is 0 Å². The first-order valence-corrected chi connectivity index (χ1v) is 8.34. The van der Waals surface area contributed by atoms with Crippen molar-refractivity contribution < 1.29 is 9.59 Å². The second kappa shape index (κ2) is 8.39. The van der Waals surface area contributed by atoms with Crippen LogP contribution in [-0.2, 0) is 16.0 Å². The van der Waals surface area contributed by atoms with E-state index in [1.165, 1.54) is 5.56 Å². The van der Waals surface area contributed by atoms with Gasteiger partial charge in [-0.25, -0.2) is 0 Å². The summed E-state index contributed by atoms with van der Waals surface area (Å²) in [6.07, 6.45) is 2.76. The number of halogens is 2. The van der Waals surface area contributed by atoms with E-state index < -0.39 is 4.84 Å². The Bertz CT molecular complexity index is 500. The Labute approximate surface area is 140 Å². The number of likely N-dealkylation sites (tertiary alicyclic amines) is 1. The van der Waals surface area contributed by atoms with E-state index in [0.29, 0.717) is 19.5 Å². The third-order valence-electron chi connectivity index (χ3n) is 3.86. The van der Waals surface area contributed by atoms with E-state index in [4.69, 9.17) is 23.2 Å². The van der Waals surface area contributed by atoms with Crippen molar-refractivity contribution >= 4 is 35.0 Å². The molecule has 1 aromatic carbocycles. The van der Waals surface area contributed by atoms with E-state index in [1.54, 1.807) is 0 Å². The number of hydrogen-bond donors (Lipinski definition) is 1. The van der Waals surface area contributed by atoms with Crippen LogP contribution in [0.25, 0.3) is 0 Å². The topological polar surface area (TPSA) is 49.4 Å². The molecule has 0 unspecified atom stereocenters. The Hall–Kier alpha value is -1.26. The number of carbonyl (C=O) groups is 2. The van der Waals surface area contributed by atoms with Crippen LogP contribution >= 0.6 is 23.2 Å². The molecule has 0 atom stereocenters. The van der Waals surface area contributed by atoms with Crippen molar-refractivity contribution in [2.75, 3.05) is 13.1 Å². The number of hydrogen-bond acceptors (Lipinski definition) is 2. The van der Waals surface area contributed by atoms with Gasteiger partial charge in [0.1, 0.15) is 0 Å². The second-order valence-corrected chi connectivity index (χ2v) is 6.55. The zero-order chi connectivity index (χ0) is 15.9. The van der Waals surface area contributed by atoms with Gasteiger partial charge in [-0.05, 0) is 24.8 Å². The zero-order valence-corrected chi connectivity index (χ0v) is 13.8. The van der Waals surface area contributed by atoms with E-state index >= 15 is 0 Å². The maximum atomic E-state index is 12.2. The summed E-state index contributed by atoms with van der Waals surface area (Å²) in [5, 5.41) is 2.79. The van der Waals surface area contributed by atoms with Gasteiger partial charge in [-0.3, -0.25) is 9.59 Å². The first-order valence-electron chi connectivity index (χ1n) is 7.46. The van der Waals surface area contributed by atoms with Gasteiger partial charge < -0.3 is 10.2 Å². The minimum absolute atomic E-state index is 0.0469. The summed E-state index contributed by atoms with van der Waals surface area (Å²) in [5.41, 5.74) is 1.17. The molecule has 6 heteroatoms. The molecule has 1 heterocycles. The number of benzene rings is 1. The number of aryl methyl sites for hydroxylation is 1. The van der Waals surface area contributed by atoms with E-state index in [-0.39, 0.29) is 17.9 Å². The van der Waals surface area contributed by atoms with Gasteiger partial charge in [0, 0.05) is 25.6 Å². The van der Waals surface area contributed by atoms with Gasteiger partial charge in [0.15, 0.2) is 4.84 Å². The Morgan fingerprint density at radius 2 is 1.82 bits per heavy atom. The monoisotopic (exact) mass is 342 g/mol. The first kappa shape index (κ1) is 17.1. The minimum atomic E-state index is -1.04. The molecular weight excluding hydrogens is 323 g/mol. The van der Waals surface area contributed by atoms with Gasteiger partial charge in [0.2, 0.25) is 5.91 Å². The molecule has 0 aromatic heterocycles. The summed E-state index contributed by atoms with van der Waals surface area (Å²) < 4.78 is 0. The molecule has 2 amide bonds. The lowest BCUT2D eigenvalue weighted by Gasteiger charge is -2.32. The SMILES string of the molecule is O=C(NC1CCN(C(=O)CCc2ccccc2)CC1)C(Cl)Cl. The Morgan fingerprint density at radius 3 is 2.41 bits per heavy atom. The third-order valence-corrected chi connectivity index (χ3v) is 4.26. The van der Waals surface area contributed by atoms with Crippen molar-refractivity contribution in [3.63, 3.8) is 0 Å². The molecule has 1 aromatic rings. The van der Waals surface area contributed by atoms with Gasteiger partial charge in [-0.2, -0.15) is 0 Å². The Morgan fingerprint density at radius 1 is 1.18 bits per heavy atom. The summed E-state index contributed by atoms with van der Waals surface area (Å²) in [4.78, 5) is 24.5. The molecule has 0 radical (unpaired) electrons. The highest BCUT2D eigenvalue weighted by Gasteiger charge is 2.24. The quantitative estimate of drug-likeness (QED) is 0.836. The van der Waals surface area contributed by atoms with E-state index in [9.17, 15) is 9.59 Å². The number of carbonyl (C=O) groups excluding carboxylic acids is 2. The van der Waals surface area contributed by atoms with E-state index in [0.717, 1.165) is 19.3 Å². The molecule has 0 bridgehead atoms. The van der Waals surface area contributed by atoms with Gasteiger partial charge in [0.05, 0.1) is 0 Å². The molecular formula is C16H20Cl2N2O2. The highest BCUT2D eigenvalue weighted by molar-refractivity contribution is 6.53. The van der Waals surface area contributed by atoms with Crippen molar-refractivity contribution in [1.82, 2.24) is 10.2 Å². The first-order chi connectivity index (χ1) is 10.6. The summed E-state index contributed by atoms with van der Waals surface area (Å²) in [7, 11) is 0. The molecule has 1 fully saturated rings. The predicted octanol–water partition coefficient (Wildman–Crippen LogP) is 2.53. The number of nitrogens with zero attached hydrogens (tertiary/aromatic N) is 1. The van der Waals surface area contributed by atoms with Crippen LogP contribution in [0, 0.1) is 0 Å². The fourth-order valence-corrected chi connectivity index (χ4v) is 2.72. The molecule has 1 N–H and O–H groups in total. The maximum absolute atomic E-state index is 12.2. The lowest BCUT2D eigenvalue weighted by atomic mass is 10.0. The number of nitrogens with one attached hydrogen (secondary N) is 1. The zero-order valence-electron chi connectivity index (χ0n) is 12.3. The molecule has 1 aliphatic heterocycles. The number of piperidine rings is 1. The summed E-state index contributed by atoms with van der Waals surface area (Å²) in [6, 6.07) is 10.0. The van der Waals surface area contributed by atoms with Gasteiger partial charge in [0.25, 0.3) is 5.91 Å². The van der Waals surface area contributed by atoms with Crippen LogP contribution < -0.4 is 5.32 Å². The van der Waals surface area contributed by atoms with Crippen molar-refractivity contribution in [3.8, 4) is 0 Å². The van der Waals surface area contributed by atoms with Crippen LogP contribution in [0.3, 0.4) is 0 Å². The fourth-order valence-electron chi connectivity index (χ4n) is 2.59. The largest absolute Gasteiger partial charge is 0.351 e. The molecule has 0 spiro atoms. The van der Waals surface area contributed by atoms with Crippen molar-refractivity contribution in [2.45, 2.75) is 36.6 Å². The van der Waals surface area contributed by atoms with Crippen LogP contribution in [0.1, 0.15) is 24.8 Å². The lowest BCUT2D eigenvalue weighted by Crippen LogP contribution is -2.47. The number of amides is 2. The molecule has 0 aliphatic carbocycles. The van der Waals surface area contributed by atoms with E-state index in [2.05, 4.69) is 5.32 Å². The molecule has 120 valence electrons. The minimum Gasteiger partial charge on any atom is -0.351 e. The Balaban J connectivity index is 1.72. The average molecular weight is 343 g/mol. The summed E-state index contributed by atoms with van der Waals surface area (Å²) in [5.74, 6) is -0.196. The van der Waals surface area contributed by atoms with Gasteiger partial charge in [-0.15, -0.1) is 0 Å². The highest BCUT2D eigenvalue weighted by atomic mass is 35.5. The molecule has 2 rings (SSSR count). The van der Waals surface area contributed by atoms with Crippen LogP contribution in [0.2, 0.25) is 0 Å². The summed E-state index contributed by atoms with van der Waals surface area (Å²) in [6.45, 7) is 1.32. The number of rotatable bonds is 5. The van der Waals surface area contributed by atoms with Crippen molar-refractivity contribution in [3.05, 3.63) is 35.9 Å². The molecule has 1 aliphatic rings. The van der Waals surface area contributed by atoms with Gasteiger partial charge >= 0.3 is 0 Å². The Kier molecular flexibility index (Phi) is 6.52. The molecule has 0 saturated carbocycles. The number of alkyl halides is 2. The van der Waals surface area contributed by atoms with Crippen molar-refractivity contribution in [1.29, 1.82) is 0 Å². The average Bonchev–Trinajstić information content (AvgIpc) is 2.54. The van der Waals surface area contributed by atoms with Crippen LogP contribution in [0.15, 0.2) is 30.3 Å². The fraction of sp³-hybridized carbons (Fsp3) is 0.500. The smallest absolute Gasteiger partial charge is 0.253 e. The third kappa shape index (κ3) is 5.18. The summed E-state index contributed by atoms with van der Waals surface area (Å²) >= 11 is 11.0. The van der Waals surface area contributed by atoms with Crippen molar-refractivity contribution in [2.24, 2.45) is 0 Å². The molecule has 22 heavy (non-hydrogen) atoms. The van der Waals surface area contributed by atoms with Crippen LogP contribution in [0.5, 0.6) is 0 Å². The maximum Gasteiger partial charge on any atom is 0.253 e. The second-order valence-electron chi connectivity index (χ2n) is 5.45. The van der Waals surface area contributed by atoms with E-state index in [1.807, 2.05) is 35.2 Å².